The summed E-state index contributed by atoms with van der Waals surface area (Å²) in [5.41, 5.74) is 4.90. The van der Waals surface area contributed by atoms with E-state index in [0.29, 0.717) is 22.9 Å². The molecule has 0 saturated heterocycles. The number of carbonyl (C=O) groups is 1. The van der Waals surface area contributed by atoms with Gasteiger partial charge in [0.1, 0.15) is 0 Å². The number of hydrogen-bond donors (Lipinski definition) is 0. The molecule has 1 unspecified atom stereocenters. The van der Waals surface area contributed by atoms with Gasteiger partial charge in [-0.1, -0.05) is 32.9 Å². The lowest BCUT2D eigenvalue weighted by Gasteiger charge is -2.34. The van der Waals surface area contributed by atoms with Gasteiger partial charge in [-0.15, -0.1) is 0 Å². The number of methoxy groups -OCH3 is 1. The first-order chi connectivity index (χ1) is 11.3. The normalized spacial score (nSPS) is 18.0. The molecular formula is C21H29NO2. The number of ether oxygens (including phenoxy) is 1. The van der Waals surface area contributed by atoms with Crippen LogP contribution >= 0.6 is 0 Å². The minimum Gasteiger partial charge on any atom is -0.465 e. The van der Waals surface area contributed by atoms with Crippen molar-refractivity contribution in [2.75, 3.05) is 7.11 Å². The van der Waals surface area contributed by atoms with E-state index in [9.17, 15) is 4.79 Å². The van der Waals surface area contributed by atoms with Crippen LogP contribution in [0.15, 0.2) is 18.2 Å². The predicted octanol–water partition coefficient (Wildman–Crippen LogP) is 5.16. The fraction of sp³-hybridized carbons (Fsp3) is 0.571. The maximum absolute atomic E-state index is 12.3. The monoisotopic (exact) mass is 327 g/mol. The molecule has 0 saturated carbocycles. The van der Waals surface area contributed by atoms with E-state index in [1.165, 1.54) is 30.2 Å². The molecule has 24 heavy (non-hydrogen) atoms. The predicted molar refractivity (Wildman–Crippen MR) is 98.6 cm³/mol. The van der Waals surface area contributed by atoms with Gasteiger partial charge in [0, 0.05) is 17.1 Å². The standard InChI is InChI=1S/C21H29NO2/c1-13(2)22-18-11-10-14(21(3,4)5)12-17(18)15-8-7-9-16(19(15)22)20(23)24-6/h7-9,13-14H,10-12H2,1-6H3. The number of esters is 1. The van der Waals surface area contributed by atoms with Crippen LogP contribution in [0.5, 0.6) is 0 Å². The van der Waals surface area contributed by atoms with Crippen LogP contribution in [-0.4, -0.2) is 17.6 Å². The largest absolute Gasteiger partial charge is 0.465 e. The molecule has 0 amide bonds. The van der Waals surface area contributed by atoms with Gasteiger partial charge in [0.2, 0.25) is 0 Å². The number of fused-ring (bicyclic) bond motifs is 3. The van der Waals surface area contributed by atoms with Gasteiger partial charge in [0.05, 0.1) is 18.2 Å². The summed E-state index contributed by atoms with van der Waals surface area (Å²) in [4.78, 5) is 12.3. The smallest absolute Gasteiger partial charge is 0.340 e. The quantitative estimate of drug-likeness (QED) is 0.713. The SMILES string of the molecule is COC(=O)c1cccc2c3c(n(C(C)C)c12)CCC(C(C)(C)C)C3. The summed E-state index contributed by atoms with van der Waals surface area (Å²) in [6.45, 7) is 11.4. The first-order valence-corrected chi connectivity index (χ1v) is 8.98. The summed E-state index contributed by atoms with van der Waals surface area (Å²) >= 11 is 0. The summed E-state index contributed by atoms with van der Waals surface area (Å²) in [5.74, 6) is 0.433. The molecule has 130 valence electrons. The first-order valence-electron chi connectivity index (χ1n) is 8.98. The van der Waals surface area contributed by atoms with Crippen LogP contribution in [0.1, 0.15) is 68.7 Å². The fourth-order valence-corrected chi connectivity index (χ4v) is 4.22. The molecule has 0 fully saturated rings. The van der Waals surface area contributed by atoms with E-state index in [1.54, 1.807) is 0 Å². The maximum atomic E-state index is 12.3. The molecular weight excluding hydrogens is 298 g/mol. The maximum Gasteiger partial charge on any atom is 0.340 e. The van der Waals surface area contributed by atoms with Gasteiger partial charge >= 0.3 is 5.97 Å². The molecule has 0 N–H and O–H groups in total. The Hall–Kier alpha value is -1.77. The van der Waals surface area contributed by atoms with E-state index in [-0.39, 0.29) is 5.97 Å². The molecule has 0 spiro atoms. The van der Waals surface area contributed by atoms with Gasteiger partial charge in [-0.05, 0) is 56.1 Å². The third-order valence-corrected chi connectivity index (χ3v) is 5.57. The minimum absolute atomic E-state index is 0.246. The van der Waals surface area contributed by atoms with Gasteiger partial charge in [0.15, 0.2) is 0 Å². The lowest BCUT2D eigenvalue weighted by atomic mass is 9.71. The van der Waals surface area contributed by atoms with Crippen LogP contribution < -0.4 is 0 Å². The Balaban J connectivity index is 2.27. The first kappa shape index (κ1) is 17.1. The number of hydrogen-bond acceptors (Lipinski definition) is 2. The molecule has 1 atom stereocenters. The fourth-order valence-electron chi connectivity index (χ4n) is 4.22. The van der Waals surface area contributed by atoms with E-state index < -0.39 is 0 Å². The van der Waals surface area contributed by atoms with E-state index in [1.807, 2.05) is 12.1 Å². The highest BCUT2D eigenvalue weighted by atomic mass is 16.5. The van der Waals surface area contributed by atoms with Crippen molar-refractivity contribution in [2.45, 2.75) is 59.9 Å². The molecule has 0 bridgehead atoms. The highest BCUT2D eigenvalue weighted by Crippen LogP contribution is 2.42. The molecule has 0 radical (unpaired) electrons. The zero-order valence-electron chi connectivity index (χ0n) is 15.8. The van der Waals surface area contributed by atoms with E-state index in [4.69, 9.17) is 4.74 Å². The second-order valence-electron chi connectivity index (χ2n) is 8.39. The van der Waals surface area contributed by atoms with Crippen LogP contribution in [-0.2, 0) is 17.6 Å². The molecule has 1 aromatic carbocycles. The number of benzene rings is 1. The Kier molecular flexibility index (Phi) is 4.23. The van der Waals surface area contributed by atoms with Crippen molar-refractivity contribution in [3.8, 4) is 0 Å². The lowest BCUT2D eigenvalue weighted by Crippen LogP contribution is -2.27. The van der Waals surface area contributed by atoms with Crippen molar-refractivity contribution in [3.05, 3.63) is 35.0 Å². The van der Waals surface area contributed by atoms with Crippen LogP contribution in [0.3, 0.4) is 0 Å². The summed E-state index contributed by atoms with van der Waals surface area (Å²) in [6, 6.07) is 6.37. The molecule has 1 aromatic heterocycles. The van der Waals surface area contributed by atoms with Gasteiger partial charge in [-0.3, -0.25) is 0 Å². The zero-order valence-corrected chi connectivity index (χ0v) is 15.8. The topological polar surface area (TPSA) is 31.2 Å². The molecule has 1 heterocycles. The molecule has 3 rings (SSSR count). The van der Waals surface area contributed by atoms with Crippen LogP contribution in [0.2, 0.25) is 0 Å². The van der Waals surface area contributed by atoms with Crippen molar-refractivity contribution < 1.29 is 9.53 Å². The number of aromatic nitrogens is 1. The summed E-state index contributed by atoms with van der Waals surface area (Å²) in [7, 11) is 1.46. The number of carbonyl (C=O) groups excluding carboxylic acids is 1. The molecule has 0 aliphatic heterocycles. The highest BCUT2D eigenvalue weighted by Gasteiger charge is 2.33. The highest BCUT2D eigenvalue weighted by molar-refractivity contribution is 6.04. The molecule has 1 aliphatic carbocycles. The summed E-state index contributed by atoms with van der Waals surface area (Å²) in [6.07, 6.45) is 3.40. The van der Waals surface area contributed by atoms with Crippen LogP contribution in [0.4, 0.5) is 0 Å². The van der Waals surface area contributed by atoms with Crippen molar-refractivity contribution in [1.29, 1.82) is 0 Å². The van der Waals surface area contributed by atoms with Gasteiger partial charge in [-0.2, -0.15) is 0 Å². The van der Waals surface area contributed by atoms with Gasteiger partial charge in [0.25, 0.3) is 0 Å². The van der Waals surface area contributed by atoms with Gasteiger partial charge < -0.3 is 9.30 Å². The molecule has 3 nitrogen and oxygen atoms in total. The summed E-state index contributed by atoms with van der Waals surface area (Å²) in [5, 5.41) is 1.23. The third kappa shape index (κ3) is 2.64. The van der Waals surface area contributed by atoms with Crippen LogP contribution in [0, 0.1) is 11.3 Å². The second kappa shape index (κ2) is 5.94. The zero-order chi connectivity index (χ0) is 17.6. The minimum atomic E-state index is -0.246. The Morgan fingerprint density at radius 2 is 2.00 bits per heavy atom. The van der Waals surface area contributed by atoms with Crippen LogP contribution in [0.25, 0.3) is 10.9 Å². The Labute approximate surface area is 145 Å². The molecule has 1 aliphatic rings. The second-order valence-corrected chi connectivity index (χ2v) is 8.39. The Bertz CT molecular complexity index is 777. The van der Waals surface area contributed by atoms with Crippen molar-refractivity contribution in [3.63, 3.8) is 0 Å². The Morgan fingerprint density at radius 3 is 2.58 bits per heavy atom. The van der Waals surface area contributed by atoms with E-state index in [2.05, 4.69) is 45.3 Å². The van der Waals surface area contributed by atoms with Crippen molar-refractivity contribution in [1.82, 2.24) is 4.57 Å². The average molecular weight is 327 g/mol. The Morgan fingerprint density at radius 1 is 1.29 bits per heavy atom. The van der Waals surface area contributed by atoms with E-state index >= 15 is 0 Å². The third-order valence-electron chi connectivity index (χ3n) is 5.57. The molecule has 3 heteroatoms. The number of para-hydroxylation sites is 1. The van der Waals surface area contributed by atoms with Crippen molar-refractivity contribution in [2.24, 2.45) is 11.3 Å². The number of rotatable bonds is 2. The summed E-state index contributed by atoms with van der Waals surface area (Å²) < 4.78 is 7.41. The number of nitrogens with zero attached hydrogens (tertiary/aromatic N) is 1. The van der Waals surface area contributed by atoms with Gasteiger partial charge in [-0.25, -0.2) is 4.79 Å². The average Bonchev–Trinajstić information content (AvgIpc) is 2.87. The van der Waals surface area contributed by atoms with E-state index in [0.717, 1.165) is 18.4 Å². The molecule has 2 aromatic rings. The van der Waals surface area contributed by atoms with Crippen molar-refractivity contribution >= 4 is 16.9 Å². The lowest BCUT2D eigenvalue weighted by molar-refractivity contribution is 0.0602.